The van der Waals surface area contributed by atoms with Crippen molar-refractivity contribution < 1.29 is 19.1 Å². The summed E-state index contributed by atoms with van der Waals surface area (Å²) in [6.07, 6.45) is 3.98. The summed E-state index contributed by atoms with van der Waals surface area (Å²) >= 11 is 0. The van der Waals surface area contributed by atoms with Crippen LogP contribution in [0, 0.1) is 11.3 Å². The van der Waals surface area contributed by atoms with E-state index in [0.717, 1.165) is 56.3 Å². The summed E-state index contributed by atoms with van der Waals surface area (Å²) in [5, 5.41) is 7.98. The molecule has 4 aliphatic heterocycles. The highest BCUT2D eigenvalue weighted by Crippen LogP contribution is 2.38. The van der Waals surface area contributed by atoms with Gasteiger partial charge in [0, 0.05) is 25.9 Å². The van der Waals surface area contributed by atoms with E-state index in [1.165, 1.54) is 5.56 Å². The minimum absolute atomic E-state index is 0.0409. The summed E-state index contributed by atoms with van der Waals surface area (Å²) in [7, 11) is 0. The Bertz CT molecular complexity index is 1060. The van der Waals surface area contributed by atoms with Gasteiger partial charge in [0.15, 0.2) is 5.90 Å². The number of piperidine rings is 3. The SMILES string of the molecule is N=C(CCC=O)Oc1cccc(C2c3ccccc3CCN2C(=O)OC2CN3CCC2CC3)c1. The van der Waals surface area contributed by atoms with Crippen molar-refractivity contribution in [1.82, 2.24) is 9.80 Å². The van der Waals surface area contributed by atoms with Crippen LogP contribution in [0.1, 0.15) is 48.4 Å². The summed E-state index contributed by atoms with van der Waals surface area (Å²) in [5.41, 5.74) is 3.23. The van der Waals surface area contributed by atoms with Crippen molar-refractivity contribution in [2.75, 3.05) is 26.2 Å². The number of aldehydes is 1. The van der Waals surface area contributed by atoms with Gasteiger partial charge in [-0.05, 0) is 67.1 Å². The Morgan fingerprint density at radius 2 is 1.91 bits per heavy atom. The van der Waals surface area contributed by atoms with Crippen molar-refractivity contribution in [1.29, 1.82) is 5.41 Å². The molecule has 2 aromatic carbocycles. The van der Waals surface area contributed by atoms with Crippen LogP contribution < -0.4 is 4.74 Å². The van der Waals surface area contributed by atoms with Gasteiger partial charge in [-0.3, -0.25) is 15.2 Å². The van der Waals surface area contributed by atoms with Crippen molar-refractivity contribution in [3.63, 3.8) is 0 Å². The molecule has 7 nitrogen and oxygen atoms in total. The predicted molar refractivity (Wildman–Crippen MR) is 128 cm³/mol. The van der Waals surface area contributed by atoms with Gasteiger partial charge in [0.25, 0.3) is 0 Å². The molecule has 0 radical (unpaired) electrons. The normalized spacial score (nSPS) is 25.4. The topological polar surface area (TPSA) is 82.9 Å². The standard InChI is InChI=1S/C27H31N3O4/c28-25(9-4-16-31)33-22-7-3-6-21(17-22)26-23-8-2-1-5-19(23)12-15-30(26)27(32)34-24-18-29-13-10-20(24)11-14-29/h1-3,5-8,16-17,20,24,26,28H,4,9-15,18H2. The molecule has 0 aliphatic carbocycles. The maximum absolute atomic E-state index is 13.5. The number of amides is 1. The summed E-state index contributed by atoms with van der Waals surface area (Å²) < 4.78 is 11.8. The maximum atomic E-state index is 13.5. The lowest BCUT2D eigenvalue weighted by atomic mass is 9.86. The molecule has 1 N–H and O–H groups in total. The van der Waals surface area contributed by atoms with E-state index in [1.807, 2.05) is 35.2 Å². The summed E-state index contributed by atoms with van der Waals surface area (Å²) in [6.45, 7) is 3.62. The van der Waals surface area contributed by atoms with Gasteiger partial charge in [0.05, 0.1) is 6.04 Å². The minimum Gasteiger partial charge on any atom is -0.444 e. The number of carbonyl (C=O) groups excluding carboxylic acids is 2. The molecule has 4 heterocycles. The fraction of sp³-hybridized carbons (Fsp3) is 0.444. The van der Waals surface area contributed by atoms with E-state index in [9.17, 15) is 9.59 Å². The average molecular weight is 462 g/mol. The minimum atomic E-state index is -0.286. The number of fused-ring (bicyclic) bond motifs is 4. The molecule has 34 heavy (non-hydrogen) atoms. The number of nitrogens with zero attached hydrogens (tertiary/aromatic N) is 2. The number of hydrogen-bond acceptors (Lipinski definition) is 6. The largest absolute Gasteiger partial charge is 0.444 e. The van der Waals surface area contributed by atoms with Gasteiger partial charge in [-0.1, -0.05) is 36.4 Å². The number of benzene rings is 2. The molecule has 4 aliphatic rings. The van der Waals surface area contributed by atoms with Gasteiger partial charge in [-0.2, -0.15) is 0 Å². The van der Waals surface area contributed by atoms with Gasteiger partial charge in [-0.25, -0.2) is 4.79 Å². The second-order valence-electron chi connectivity index (χ2n) is 9.41. The number of hydrogen-bond donors (Lipinski definition) is 1. The molecule has 3 saturated heterocycles. The van der Waals surface area contributed by atoms with Crippen LogP contribution in [0.15, 0.2) is 48.5 Å². The Morgan fingerprint density at radius 3 is 2.68 bits per heavy atom. The first-order valence-corrected chi connectivity index (χ1v) is 12.2. The quantitative estimate of drug-likeness (QED) is 0.396. The Morgan fingerprint density at radius 1 is 1.09 bits per heavy atom. The Hall–Kier alpha value is -3.19. The molecule has 178 valence electrons. The Kier molecular flexibility index (Phi) is 6.63. The van der Waals surface area contributed by atoms with E-state index in [4.69, 9.17) is 14.9 Å². The highest BCUT2D eigenvalue weighted by molar-refractivity contribution is 5.77. The van der Waals surface area contributed by atoms with Crippen molar-refractivity contribution in [2.45, 2.75) is 44.2 Å². The monoisotopic (exact) mass is 461 g/mol. The third-order valence-electron chi connectivity index (χ3n) is 7.27. The van der Waals surface area contributed by atoms with Gasteiger partial charge in [-0.15, -0.1) is 0 Å². The predicted octanol–water partition coefficient (Wildman–Crippen LogP) is 4.20. The van der Waals surface area contributed by atoms with Crippen LogP contribution in [0.4, 0.5) is 4.79 Å². The smallest absolute Gasteiger partial charge is 0.410 e. The van der Waals surface area contributed by atoms with E-state index in [-0.39, 0.29) is 37.0 Å². The van der Waals surface area contributed by atoms with Crippen LogP contribution in [0.25, 0.3) is 0 Å². The first-order valence-electron chi connectivity index (χ1n) is 12.2. The molecule has 0 aromatic heterocycles. The van der Waals surface area contributed by atoms with Crippen molar-refractivity contribution in [3.8, 4) is 5.75 Å². The number of carbonyl (C=O) groups is 2. The fourth-order valence-corrected chi connectivity index (χ4v) is 5.50. The van der Waals surface area contributed by atoms with Gasteiger partial charge in [0.2, 0.25) is 0 Å². The van der Waals surface area contributed by atoms with Crippen LogP contribution in [-0.4, -0.2) is 60.4 Å². The number of ether oxygens (including phenoxy) is 2. The zero-order chi connectivity index (χ0) is 23.5. The number of rotatable bonds is 6. The molecule has 0 spiro atoms. The summed E-state index contributed by atoms with van der Waals surface area (Å²) in [6, 6.07) is 15.5. The first-order chi connectivity index (χ1) is 16.6. The van der Waals surface area contributed by atoms with Crippen molar-refractivity contribution in [2.24, 2.45) is 5.92 Å². The Balaban J connectivity index is 1.40. The van der Waals surface area contributed by atoms with Crippen LogP contribution in [0.3, 0.4) is 0 Å². The maximum Gasteiger partial charge on any atom is 0.410 e. The van der Waals surface area contributed by atoms with E-state index in [1.54, 1.807) is 6.07 Å². The summed E-state index contributed by atoms with van der Waals surface area (Å²) in [4.78, 5) is 28.4. The molecule has 2 aromatic rings. The summed E-state index contributed by atoms with van der Waals surface area (Å²) in [5.74, 6) is 1.03. The highest BCUT2D eigenvalue weighted by atomic mass is 16.6. The lowest BCUT2D eigenvalue weighted by Gasteiger charge is -2.45. The van der Waals surface area contributed by atoms with Gasteiger partial charge < -0.3 is 14.3 Å². The highest BCUT2D eigenvalue weighted by Gasteiger charge is 2.39. The van der Waals surface area contributed by atoms with Crippen LogP contribution in [-0.2, 0) is 16.0 Å². The molecule has 2 unspecified atom stereocenters. The molecule has 7 heteroatoms. The second-order valence-corrected chi connectivity index (χ2v) is 9.41. The van der Waals surface area contributed by atoms with Gasteiger partial charge in [0.1, 0.15) is 18.1 Å². The molecular weight excluding hydrogens is 430 g/mol. The van der Waals surface area contributed by atoms with E-state index < -0.39 is 0 Å². The van der Waals surface area contributed by atoms with Gasteiger partial charge >= 0.3 is 6.09 Å². The molecule has 3 fully saturated rings. The third-order valence-corrected chi connectivity index (χ3v) is 7.27. The van der Waals surface area contributed by atoms with E-state index >= 15 is 0 Å². The molecule has 2 atom stereocenters. The third kappa shape index (κ3) is 4.71. The fourth-order valence-electron chi connectivity index (χ4n) is 5.50. The van der Waals surface area contributed by atoms with E-state index in [0.29, 0.717) is 18.2 Å². The van der Waals surface area contributed by atoms with Crippen molar-refractivity contribution in [3.05, 3.63) is 65.2 Å². The first kappa shape index (κ1) is 22.6. The Labute approximate surface area is 200 Å². The van der Waals surface area contributed by atoms with Crippen LogP contribution >= 0.6 is 0 Å². The molecule has 2 bridgehead atoms. The van der Waals surface area contributed by atoms with Crippen molar-refractivity contribution >= 4 is 18.3 Å². The second kappa shape index (κ2) is 9.97. The molecular formula is C27H31N3O4. The molecule has 6 rings (SSSR count). The molecule has 0 saturated carbocycles. The lowest BCUT2D eigenvalue weighted by molar-refractivity contribution is -0.107. The zero-order valence-electron chi connectivity index (χ0n) is 19.3. The van der Waals surface area contributed by atoms with E-state index in [2.05, 4.69) is 17.0 Å². The molecule has 1 amide bonds. The zero-order valence-corrected chi connectivity index (χ0v) is 19.3. The van der Waals surface area contributed by atoms with Crippen LogP contribution in [0.5, 0.6) is 5.75 Å². The van der Waals surface area contributed by atoms with Crippen LogP contribution in [0.2, 0.25) is 0 Å². The average Bonchev–Trinajstić information content (AvgIpc) is 2.87. The lowest BCUT2D eigenvalue weighted by Crippen LogP contribution is -2.53. The number of nitrogens with one attached hydrogen (secondary N) is 1.